The lowest BCUT2D eigenvalue weighted by Crippen LogP contribution is -1.98. The van der Waals surface area contributed by atoms with Crippen molar-refractivity contribution >= 4 is 0 Å². The Morgan fingerprint density at radius 3 is 2.56 bits per heavy atom. The van der Waals surface area contributed by atoms with Crippen molar-refractivity contribution in [2.45, 2.75) is 13.8 Å². The van der Waals surface area contributed by atoms with E-state index in [2.05, 4.69) is 11.2 Å². The maximum Gasteiger partial charge on any atom is 0.163 e. The number of hydrogen-bond acceptors (Lipinski definition) is 3. The molecule has 4 nitrogen and oxygen atoms in total. The first-order valence-corrected chi connectivity index (χ1v) is 5.67. The van der Waals surface area contributed by atoms with E-state index >= 15 is 0 Å². The van der Waals surface area contributed by atoms with Gasteiger partial charge in [0.05, 0.1) is 12.8 Å². The van der Waals surface area contributed by atoms with E-state index in [0.29, 0.717) is 5.69 Å². The van der Waals surface area contributed by atoms with Crippen molar-refractivity contribution in [2.24, 2.45) is 7.05 Å². The normalized spacial score (nSPS) is 10.2. The van der Waals surface area contributed by atoms with Crippen molar-refractivity contribution in [2.75, 3.05) is 7.11 Å². The molecule has 0 N–H and O–H groups in total. The van der Waals surface area contributed by atoms with Crippen molar-refractivity contribution in [3.05, 3.63) is 35.0 Å². The zero-order chi connectivity index (χ0) is 13.3. The molecule has 0 aliphatic rings. The molecule has 92 valence electrons. The van der Waals surface area contributed by atoms with Gasteiger partial charge in [0, 0.05) is 18.7 Å². The Hall–Kier alpha value is -2.28. The highest BCUT2D eigenvalue weighted by molar-refractivity contribution is 5.68. The first-order chi connectivity index (χ1) is 8.58. The van der Waals surface area contributed by atoms with Crippen LogP contribution in [0.2, 0.25) is 0 Å². The van der Waals surface area contributed by atoms with Gasteiger partial charge in [0.25, 0.3) is 0 Å². The highest BCUT2D eigenvalue weighted by Crippen LogP contribution is 2.30. The van der Waals surface area contributed by atoms with Gasteiger partial charge in [0.2, 0.25) is 0 Å². The standard InChI is InChI=1S/C14H15N3O/c1-9-10(2)14(18-4)6-5-12(9)13-7-11(8-15)16-17(13)3/h5-7H,1-4H3. The quantitative estimate of drug-likeness (QED) is 0.812. The number of nitrogens with zero attached hydrogens (tertiary/aromatic N) is 3. The fraction of sp³-hybridized carbons (Fsp3) is 0.286. The largest absolute Gasteiger partial charge is 0.496 e. The molecule has 2 rings (SSSR count). The molecule has 1 heterocycles. The first-order valence-electron chi connectivity index (χ1n) is 5.67. The number of aryl methyl sites for hydroxylation is 1. The van der Waals surface area contributed by atoms with Crippen LogP contribution >= 0.6 is 0 Å². The zero-order valence-electron chi connectivity index (χ0n) is 11.0. The minimum Gasteiger partial charge on any atom is -0.496 e. The van der Waals surface area contributed by atoms with E-state index in [1.54, 1.807) is 17.9 Å². The molecule has 0 aliphatic heterocycles. The predicted molar refractivity (Wildman–Crippen MR) is 69.4 cm³/mol. The van der Waals surface area contributed by atoms with E-state index in [4.69, 9.17) is 10.00 Å². The summed E-state index contributed by atoms with van der Waals surface area (Å²) in [5.41, 5.74) is 4.69. The molecule has 2 aromatic rings. The molecule has 18 heavy (non-hydrogen) atoms. The molecule has 0 spiro atoms. The lowest BCUT2D eigenvalue weighted by molar-refractivity contribution is 0.411. The molecular formula is C14H15N3O. The van der Waals surface area contributed by atoms with Crippen molar-refractivity contribution in [3.8, 4) is 23.1 Å². The Morgan fingerprint density at radius 2 is 2.00 bits per heavy atom. The van der Waals surface area contributed by atoms with Crippen LogP contribution in [-0.4, -0.2) is 16.9 Å². The van der Waals surface area contributed by atoms with Gasteiger partial charge in [-0.15, -0.1) is 0 Å². The Labute approximate surface area is 106 Å². The topological polar surface area (TPSA) is 50.8 Å². The van der Waals surface area contributed by atoms with E-state index < -0.39 is 0 Å². The van der Waals surface area contributed by atoms with Crippen molar-refractivity contribution < 1.29 is 4.74 Å². The average molecular weight is 241 g/mol. The molecule has 0 bridgehead atoms. The van der Waals surface area contributed by atoms with Crippen LogP contribution in [0.1, 0.15) is 16.8 Å². The predicted octanol–water partition coefficient (Wildman–Crippen LogP) is 2.58. The summed E-state index contributed by atoms with van der Waals surface area (Å²) in [6, 6.07) is 7.80. The van der Waals surface area contributed by atoms with Gasteiger partial charge < -0.3 is 4.74 Å². The number of aromatic nitrogens is 2. The Balaban J connectivity index is 2.61. The van der Waals surface area contributed by atoms with Crippen LogP contribution in [0.3, 0.4) is 0 Å². The van der Waals surface area contributed by atoms with Gasteiger partial charge >= 0.3 is 0 Å². The molecule has 0 fully saturated rings. The summed E-state index contributed by atoms with van der Waals surface area (Å²) in [6.45, 7) is 4.07. The summed E-state index contributed by atoms with van der Waals surface area (Å²) in [4.78, 5) is 0. The summed E-state index contributed by atoms with van der Waals surface area (Å²) in [5.74, 6) is 0.874. The van der Waals surface area contributed by atoms with Gasteiger partial charge in [-0.05, 0) is 37.1 Å². The molecule has 0 aliphatic carbocycles. The molecule has 0 radical (unpaired) electrons. The molecule has 1 aromatic heterocycles. The average Bonchev–Trinajstić information content (AvgIpc) is 2.74. The summed E-state index contributed by atoms with van der Waals surface area (Å²) < 4.78 is 7.03. The Bertz CT molecular complexity index is 635. The van der Waals surface area contributed by atoms with E-state index in [0.717, 1.165) is 28.1 Å². The highest BCUT2D eigenvalue weighted by Gasteiger charge is 2.12. The molecule has 0 saturated heterocycles. The number of benzene rings is 1. The highest BCUT2D eigenvalue weighted by atomic mass is 16.5. The lowest BCUT2D eigenvalue weighted by atomic mass is 10.00. The monoisotopic (exact) mass is 241 g/mol. The van der Waals surface area contributed by atoms with Crippen LogP contribution < -0.4 is 4.74 Å². The Morgan fingerprint density at radius 1 is 1.28 bits per heavy atom. The SMILES string of the molecule is COc1ccc(-c2cc(C#N)nn2C)c(C)c1C. The summed E-state index contributed by atoms with van der Waals surface area (Å²) in [7, 11) is 3.51. The number of ether oxygens (including phenoxy) is 1. The van der Waals surface area contributed by atoms with Gasteiger partial charge in [-0.1, -0.05) is 0 Å². The molecule has 4 heteroatoms. The van der Waals surface area contributed by atoms with E-state index in [9.17, 15) is 0 Å². The minimum atomic E-state index is 0.431. The minimum absolute atomic E-state index is 0.431. The smallest absolute Gasteiger partial charge is 0.163 e. The third-order valence-electron chi connectivity index (χ3n) is 3.23. The molecule has 0 atom stereocenters. The molecule has 1 aromatic carbocycles. The number of hydrogen-bond donors (Lipinski definition) is 0. The van der Waals surface area contributed by atoms with Gasteiger partial charge in [0.1, 0.15) is 11.8 Å². The third kappa shape index (κ3) is 1.84. The molecular weight excluding hydrogens is 226 g/mol. The van der Waals surface area contributed by atoms with Gasteiger partial charge in [-0.2, -0.15) is 10.4 Å². The Kier molecular flexibility index (Phi) is 3.07. The summed E-state index contributed by atoms with van der Waals surface area (Å²) in [6.07, 6.45) is 0. The van der Waals surface area contributed by atoms with Gasteiger partial charge in [-0.3, -0.25) is 4.68 Å². The van der Waals surface area contributed by atoms with Gasteiger partial charge in [0.15, 0.2) is 5.69 Å². The van der Waals surface area contributed by atoms with Crippen LogP contribution in [0.4, 0.5) is 0 Å². The second-order valence-electron chi connectivity index (χ2n) is 4.22. The van der Waals surface area contributed by atoms with E-state index in [1.807, 2.05) is 33.0 Å². The van der Waals surface area contributed by atoms with E-state index in [1.165, 1.54) is 0 Å². The molecule has 0 saturated carbocycles. The fourth-order valence-electron chi connectivity index (χ4n) is 2.07. The fourth-order valence-corrected chi connectivity index (χ4v) is 2.07. The molecule has 0 unspecified atom stereocenters. The van der Waals surface area contributed by atoms with Crippen molar-refractivity contribution in [3.63, 3.8) is 0 Å². The van der Waals surface area contributed by atoms with Crippen LogP contribution in [0.25, 0.3) is 11.3 Å². The van der Waals surface area contributed by atoms with Crippen LogP contribution in [0.15, 0.2) is 18.2 Å². The maximum atomic E-state index is 8.88. The van der Waals surface area contributed by atoms with Crippen LogP contribution in [-0.2, 0) is 7.05 Å². The first kappa shape index (κ1) is 12.2. The third-order valence-corrected chi connectivity index (χ3v) is 3.23. The van der Waals surface area contributed by atoms with Crippen LogP contribution in [0, 0.1) is 25.2 Å². The second-order valence-corrected chi connectivity index (χ2v) is 4.22. The number of rotatable bonds is 2. The van der Waals surface area contributed by atoms with Gasteiger partial charge in [-0.25, -0.2) is 0 Å². The number of nitriles is 1. The summed E-state index contributed by atoms with van der Waals surface area (Å²) in [5, 5.41) is 13.0. The zero-order valence-corrected chi connectivity index (χ0v) is 11.0. The van der Waals surface area contributed by atoms with E-state index in [-0.39, 0.29) is 0 Å². The summed E-state index contributed by atoms with van der Waals surface area (Å²) >= 11 is 0. The number of methoxy groups -OCH3 is 1. The maximum absolute atomic E-state index is 8.88. The molecule has 0 amide bonds. The van der Waals surface area contributed by atoms with Crippen molar-refractivity contribution in [1.29, 1.82) is 5.26 Å². The van der Waals surface area contributed by atoms with Crippen LogP contribution in [0.5, 0.6) is 5.75 Å². The lowest BCUT2D eigenvalue weighted by Gasteiger charge is -2.12. The second kappa shape index (κ2) is 4.53. The van der Waals surface area contributed by atoms with Crippen molar-refractivity contribution in [1.82, 2.24) is 9.78 Å².